The minimum Gasteiger partial charge on any atom is -0.364 e. The molecule has 0 aromatic heterocycles. The number of ether oxygens (including phenoxy) is 2. The highest BCUT2D eigenvalue weighted by atomic mass is 16.5. The van der Waals surface area contributed by atoms with E-state index in [0.717, 1.165) is 55.6 Å². The second-order valence-corrected chi connectivity index (χ2v) is 12.4. The molecule has 7 rings (SSSR count). The lowest BCUT2D eigenvalue weighted by Gasteiger charge is -2.38. The molecule has 7 aromatic carbocycles. The Labute approximate surface area is 307 Å². The van der Waals surface area contributed by atoms with Gasteiger partial charge in [-0.05, 0) is 58.7 Å². The Balaban J connectivity index is 1.65. The zero-order chi connectivity index (χ0) is 35.6. The van der Waals surface area contributed by atoms with E-state index in [1.165, 1.54) is 0 Å². The second kappa shape index (κ2) is 15.6. The van der Waals surface area contributed by atoms with Gasteiger partial charge in [0, 0.05) is 47.6 Å². The van der Waals surface area contributed by atoms with Gasteiger partial charge in [0.25, 0.3) is 0 Å². The van der Waals surface area contributed by atoms with Crippen LogP contribution in [0.1, 0.15) is 55.6 Å². The van der Waals surface area contributed by atoms with Gasteiger partial charge in [0.1, 0.15) is 11.2 Å². The predicted molar refractivity (Wildman–Crippen MR) is 211 cm³/mol. The van der Waals surface area contributed by atoms with E-state index >= 15 is 0 Å². The van der Waals surface area contributed by atoms with E-state index in [4.69, 9.17) is 9.47 Å². The number of hydrogen-bond acceptors (Lipinski definition) is 2. The molecule has 0 radical (unpaired) electrons. The van der Waals surface area contributed by atoms with Crippen LogP contribution in [-0.2, 0) is 20.7 Å². The van der Waals surface area contributed by atoms with E-state index in [1.807, 2.05) is 133 Å². The number of rotatable bonds is 8. The van der Waals surface area contributed by atoms with Crippen LogP contribution >= 0.6 is 0 Å². The van der Waals surface area contributed by atoms with Crippen LogP contribution in [0.3, 0.4) is 0 Å². The Kier molecular flexibility index (Phi) is 10.2. The largest absolute Gasteiger partial charge is 0.364 e. The highest BCUT2D eigenvalue weighted by Gasteiger charge is 2.43. The Bertz CT molecular complexity index is 2100. The Morgan fingerprint density at radius 2 is 0.577 bits per heavy atom. The molecule has 7 aromatic rings. The van der Waals surface area contributed by atoms with Gasteiger partial charge < -0.3 is 9.47 Å². The summed E-state index contributed by atoms with van der Waals surface area (Å²) in [5.41, 5.74) is 7.03. The Morgan fingerprint density at radius 3 is 0.827 bits per heavy atom. The smallest absolute Gasteiger partial charge is 0.144 e. The van der Waals surface area contributed by atoms with E-state index in [0.29, 0.717) is 0 Å². The van der Waals surface area contributed by atoms with Crippen molar-refractivity contribution in [3.63, 3.8) is 0 Å². The molecule has 0 aliphatic heterocycles. The molecule has 0 saturated carbocycles. The van der Waals surface area contributed by atoms with Gasteiger partial charge >= 0.3 is 0 Å². The van der Waals surface area contributed by atoms with Crippen molar-refractivity contribution in [2.24, 2.45) is 0 Å². The van der Waals surface area contributed by atoms with Crippen LogP contribution in [0.25, 0.3) is 0 Å². The molecule has 0 amide bonds. The summed E-state index contributed by atoms with van der Waals surface area (Å²) in [5.74, 6) is 14.2. The lowest BCUT2D eigenvalue weighted by atomic mass is 9.73. The summed E-state index contributed by atoms with van der Waals surface area (Å²) in [6.45, 7) is 0. The van der Waals surface area contributed by atoms with Gasteiger partial charge in [0.2, 0.25) is 0 Å². The van der Waals surface area contributed by atoms with Gasteiger partial charge in [0.05, 0.1) is 0 Å². The van der Waals surface area contributed by atoms with Crippen LogP contribution in [-0.4, -0.2) is 14.2 Å². The summed E-state index contributed by atoms with van der Waals surface area (Å²) in [6, 6.07) is 65.9. The van der Waals surface area contributed by atoms with Crippen LogP contribution in [0.5, 0.6) is 0 Å². The Morgan fingerprint density at radius 1 is 0.327 bits per heavy atom. The molecule has 0 aliphatic rings. The van der Waals surface area contributed by atoms with Crippen molar-refractivity contribution in [3.8, 4) is 23.7 Å². The molecule has 0 N–H and O–H groups in total. The molecule has 0 spiro atoms. The maximum absolute atomic E-state index is 6.78. The summed E-state index contributed by atoms with van der Waals surface area (Å²) in [4.78, 5) is 0. The van der Waals surface area contributed by atoms with Crippen LogP contribution in [0.2, 0.25) is 0 Å². The van der Waals surface area contributed by atoms with Gasteiger partial charge in [-0.2, -0.15) is 0 Å². The summed E-state index contributed by atoms with van der Waals surface area (Å²) < 4.78 is 13.6. The standard InChI is InChI=1S/C50H38O2/c1-51-49(43-25-13-5-14-26-43,44-27-15-6-16-28-44)47-37-42(36-34-40-23-11-4-12-24-40)48(38-41(47)35-33-39-21-9-3-10-22-39)50(52-2,45-29-17-7-18-30-45)46-31-19-8-20-32-46/h3-32,37-38H,1-2H3. The average molecular weight is 671 g/mol. The summed E-state index contributed by atoms with van der Waals surface area (Å²) in [5, 5.41) is 0. The first-order valence-corrected chi connectivity index (χ1v) is 17.3. The first-order valence-electron chi connectivity index (χ1n) is 17.3. The fourth-order valence-corrected chi connectivity index (χ4v) is 7.05. The maximum Gasteiger partial charge on any atom is 0.144 e. The highest BCUT2D eigenvalue weighted by molar-refractivity contribution is 5.65. The molecule has 0 bridgehead atoms. The van der Waals surface area contributed by atoms with Crippen LogP contribution in [0, 0.1) is 23.7 Å². The monoisotopic (exact) mass is 670 g/mol. The summed E-state index contributed by atoms with van der Waals surface area (Å²) in [7, 11) is 3.54. The van der Waals surface area contributed by atoms with E-state index < -0.39 is 11.2 Å². The lowest BCUT2D eigenvalue weighted by Crippen LogP contribution is -2.35. The molecular weight excluding hydrogens is 633 g/mol. The zero-order valence-corrected chi connectivity index (χ0v) is 29.3. The topological polar surface area (TPSA) is 18.5 Å². The fraction of sp³-hybridized carbons (Fsp3) is 0.0800. The van der Waals surface area contributed by atoms with Crippen molar-refractivity contribution in [1.29, 1.82) is 0 Å². The van der Waals surface area contributed by atoms with Crippen molar-refractivity contribution in [1.82, 2.24) is 0 Å². The third kappa shape index (κ3) is 6.58. The molecule has 0 saturated heterocycles. The van der Waals surface area contributed by atoms with E-state index in [-0.39, 0.29) is 0 Å². The molecule has 52 heavy (non-hydrogen) atoms. The van der Waals surface area contributed by atoms with Gasteiger partial charge in [-0.1, -0.05) is 181 Å². The van der Waals surface area contributed by atoms with E-state index in [9.17, 15) is 0 Å². The molecule has 2 nitrogen and oxygen atoms in total. The van der Waals surface area contributed by atoms with Crippen LogP contribution in [0.4, 0.5) is 0 Å². The lowest BCUT2D eigenvalue weighted by molar-refractivity contribution is 0.0552. The molecule has 0 unspecified atom stereocenters. The van der Waals surface area contributed by atoms with Crippen molar-refractivity contribution in [3.05, 3.63) is 250 Å². The SMILES string of the molecule is COC(c1ccccc1)(c1ccccc1)c1cc(C#Cc2ccccc2)c(C(OC)(c2ccccc2)c2ccccc2)cc1C#Cc1ccccc1. The molecular formula is C50H38O2. The maximum atomic E-state index is 6.78. The minimum atomic E-state index is -1.03. The zero-order valence-electron chi connectivity index (χ0n) is 29.3. The van der Waals surface area contributed by atoms with E-state index in [2.05, 4.69) is 84.3 Å². The number of benzene rings is 7. The van der Waals surface area contributed by atoms with Gasteiger partial charge in [-0.15, -0.1) is 0 Å². The average Bonchev–Trinajstić information content (AvgIpc) is 3.23. The molecule has 0 aliphatic carbocycles. The van der Waals surface area contributed by atoms with Crippen molar-refractivity contribution in [2.75, 3.05) is 14.2 Å². The number of hydrogen-bond donors (Lipinski definition) is 0. The minimum absolute atomic E-state index is 0.798. The van der Waals surface area contributed by atoms with Gasteiger partial charge in [-0.3, -0.25) is 0 Å². The third-order valence-electron chi connectivity index (χ3n) is 9.48. The molecule has 2 heteroatoms. The normalized spacial score (nSPS) is 11.1. The van der Waals surface area contributed by atoms with Gasteiger partial charge in [0.15, 0.2) is 0 Å². The van der Waals surface area contributed by atoms with E-state index in [1.54, 1.807) is 14.2 Å². The first kappa shape index (κ1) is 34.0. The highest BCUT2D eigenvalue weighted by Crippen LogP contribution is 2.46. The first-order chi connectivity index (χ1) is 25.7. The Hall–Kier alpha value is -6.42. The molecule has 0 fully saturated rings. The molecule has 250 valence electrons. The predicted octanol–water partition coefficient (Wildman–Crippen LogP) is 10.4. The summed E-state index contributed by atoms with van der Waals surface area (Å²) in [6.07, 6.45) is 0. The molecule has 0 atom stereocenters. The second-order valence-electron chi connectivity index (χ2n) is 12.4. The third-order valence-corrected chi connectivity index (χ3v) is 9.48. The molecule has 0 heterocycles. The van der Waals surface area contributed by atoms with Crippen LogP contribution < -0.4 is 0 Å². The van der Waals surface area contributed by atoms with Crippen molar-refractivity contribution in [2.45, 2.75) is 11.2 Å². The van der Waals surface area contributed by atoms with Crippen LogP contribution in [0.15, 0.2) is 194 Å². The number of methoxy groups -OCH3 is 2. The fourth-order valence-electron chi connectivity index (χ4n) is 7.05. The van der Waals surface area contributed by atoms with Crippen molar-refractivity contribution < 1.29 is 9.47 Å². The van der Waals surface area contributed by atoms with Crippen molar-refractivity contribution >= 4 is 0 Å². The van der Waals surface area contributed by atoms with Gasteiger partial charge in [-0.25, -0.2) is 0 Å². The summed E-state index contributed by atoms with van der Waals surface area (Å²) >= 11 is 0. The quantitative estimate of drug-likeness (QED) is 0.118.